The van der Waals surface area contributed by atoms with E-state index in [9.17, 15) is 4.79 Å². The zero-order valence-corrected chi connectivity index (χ0v) is 25.2. The second-order valence-electron chi connectivity index (χ2n) is 11.9. The van der Waals surface area contributed by atoms with E-state index in [0.29, 0.717) is 11.8 Å². The molecule has 7 heteroatoms. The standard InChI is InChI=1S/C33H48N4O3/c1-25(2)13-18-36(19-14-26(3)4)33(38)28-15-20-37-31(24-28)30(8-6-16-35-17-7-22-40-23-21-35)32(34-37)27-9-11-29(39-5)12-10-27/h9-12,15,20,24-26H,6-8,13-14,16-19,21-23H2,1-5H3. The monoisotopic (exact) mass is 548 g/mol. The first-order valence-electron chi connectivity index (χ1n) is 15.1. The average molecular weight is 549 g/mol. The van der Waals surface area contributed by atoms with Crippen molar-refractivity contribution < 1.29 is 14.3 Å². The van der Waals surface area contributed by atoms with E-state index in [0.717, 1.165) is 106 Å². The van der Waals surface area contributed by atoms with Crippen LogP contribution in [0.25, 0.3) is 16.8 Å². The van der Waals surface area contributed by atoms with Gasteiger partial charge in [0.25, 0.3) is 5.91 Å². The lowest BCUT2D eigenvalue weighted by Gasteiger charge is -2.24. The summed E-state index contributed by atoms with van der Waals surface area (Å²) < 4.78 is 13.0. The van der Waals surface area contributed by atoms with Gasteiger partial charge in [-0.3, -0.25) is 4.79 Å². The van der Waals surface area contributed by atoms with Gasteiger partial charge in [-0.25, -0.2) is 4.52 Å². The molecule has 0 spiro atoms. The number of aromatic nitrogens is 2. The minimum absolute atomic E-state index is 0.117. The summed E-state index contributed by atoms with van der Waals surface area (Å²) in [6, 6.07) is 12.1. The molecule has 1 aromatic carbocycles. The number of pyridine rings is 1. The van der Waals surface area contributed by atoms with Gasteiger partial charge >= 0.3 is 0 Å². The van der Waals surface area contributed by atoms with Crippen LogP contribution in [-0.2, 0) is 11.2 Å². The van der Waals surface area contributed by atoms with Crippen molar-refractivity contribution in [3.63, 3.8) is 0 Å². The van der Waals surface area contributed by atoms with Crippen molar-refractivity contribution in [2.45, 2.75) is 59.8 Å². The van der Waals surface area contributed by atoms with Crippen LogP contribution in [0.3, 0.4) is 0 Å². The summed E-state index contributed by atoms with van der Waals surface area (Å²) in [6.07, 6.45) is 6.97. The van der Waals surface area contributed by atoms with Gasteiger partial charge in [0.1, 0.15) is 5.75 Å². The molecule has 218 valence electrons. The summed E-state index contributed by atoms with van der Waals surface area (Å²) in [5.41, 5.74) is 4.99. The van der Waals surface area contributed by atoms with Gasteiger partial charge in [-0.1, -0.05) is 27.7 Å². The predicted octanol–water partition coefficient (Wildman–Crippen LogP) is 6.20. The van der Waals surface area contributed by atoms with E-state index >= 15 is 0 Å². The van der Waals surface area contributed by atoms with Crippen LogP contribution < -0.4 is 4.74 Å². The van der Waals surface area contributed by atoms with Crippen LogP contribution in [0.4, 0.5) is 0 Å². The molecule has 2 aromatic heterocycles. The molecule has 40 heavy (non-hydrogen) atoms. The van der Waals surface area contributed by atoms with Crippen molar-refractivity contribution in [1.82, 2.24) is 19.4 Å². The van der Waals surface area contributed by atoms with E-state index < -0.39 is 0 Å². The third-order valence-electron chi connectivity index (χ3n) is 7.80. The number of methoxy groups -OCH3 is 1. The Hall–Kier alpha value is -2.90. The summed E-state index contributed by atoms with van der Waals surface area (Å²) in [4.78, 5) is 18.3. The number of amides is 1. The first-order valence-corrected chi connectivity index (χ1v) is 15.1. The van der Waals surface area contributed by atoms with Crippen LogP contribution in [-0.4, -0.2) is 78.4 Å². The fraction of sp³-hybridized carbons (Fsp3) is 0.576. The molecule has 0 N–H and O–H groups in total. The van der Waals surface area contributed by atoms with E-state index in [1.165, 1.54) is 5.56 Å². The Morgan fingerprint density at radius 1 is 1.02 bits per heavy atom. The van der Waals surface area contributed by atoms with E-state index in [4.69, 9.17) is 14.6 Å². The Balaban J connectivity index is 1.64. The van der Waals surface area contributed by atoms with Crippen LogP contribution in [0.15, 0.2) is 42.6 Å². The number of carbonyl (C=O) groups excluding carboxylic acids is 1. The SMILES string of the molecule is COc1ccc(-c2nn3ccc(C(=O)N(CCC(C)C)CCC(C)C)cc3c2CCCN2CCCOCC2)cc1. The minimum Gasteiger partial charge on any atom is -0.497 e. The number of carbonyl (C=O) groups is 1. The molecule has 7 nitrogen and oxygen atoms in total. The van der Waals surface area contributed by atoms with Crippen molar-refractivity contribution in [3.05, 3.63) is 53.7 Å². The maximum absolute atomic E-state index is 13.8. The molecule has 1 aliphatic heterocycles. The Labute approximate surface area is 240 Å². The van der Waals surface area contributed by atoms with Crippen LogP contribution in [0, 0.1) is 11.8 Å². The van der Waals surface area contributed by atoms with Crippen LogP contribution >= 0.6 is 0 Å². The third kappa shape index (κ3) is 8.07. The Bertz CT molecular complexity index is 1200. The van der Waals surface area contributed by atoms with Gasteiger partial charge in [0.2, 0.25) is 0 Å². The predicted molar refractivity (Wildman–Crippen MR) is 162 cm³/mol. The highest BCUT2D eigenvalue weighted by Crippen LogP contribution is 2.30. The van der Waals surface area contributed by atoms with Crippen molar-refractivity contribution in [2.75, 3.05) is 53.0 Å². The Morgan fingerprint density at radius 3 is 2.42 bits per heavy atom. The number of benzene rings is 1. The zero-order chi connectivity index (χ0) is 28.5. The molecule has 3 heterocycles. The maximum Gasteiger partial charge on any atom is 0.253 e. The molecule has 0 unspecified atom stereocenters. The number of fused-ring (bicyclic) bond motifs is 1. The van der Waals surface area contributed by atoms with Crippen molar-refractivity contribution >= 4 is 11.4 Å². The summed E-state index contributed by atoms with van der Waals surface area (Å²) in [5.74, 6) is 2.06. The quantitative estimate of drug-likeness (QED) is 0.255. The fourth-order valence-electron chi connectivity index (χ4n) is 5.28. The van der Waals surface area contributed by atoms with Gasteiger partial charge in [0, 0.05) is 55.7 Å². The second-order valence-corrected chi connectivity index (χ2v) is 11.9. The topological polar surface area (TPSA) is 59.3 Å². The lowest BCUT2D eigenvalue weighted by Crippen LogP contribution is -2.34. The highest BCUT2D eigenvalue weighted by atomic mass is 16.5. The lowest BCUT2D eigenvalue weighted by atomic mass is 10.0. The van der Waals surface area contributed by atoms with Crippen molar-refractivity contribution in [1.29, 1.82) is 0 Å². The number of ether oxygens (including phenoxy) is 2. The largest absolute Gasteiger partial charge is 0.497 e. The highest BCUT2D eigenvalue weighted by molar-refractivity contribution is 5.95. The molecular formula is C33H48N4O3. The maximum atomic E-state index is 13.8. The van der Waals surface area contributed by atoms with E-state index in [2.05, 4.69) is 50.8 Å². The van der Waals surface area contributed by atoms with Crippen LogP contribution in [0.1, 0.15) is 69.3 Å². The summed E-state index contributed by atoms with van der Waals surface area (Å²) in [7, 11) is 1.68. The number of rotatable bonds is 13. The van der Waals surface area contributed by atoms with Gasteiger partial charge in [0.15, 0.2) is 0 Å². The first-order chi connectivity index (χ1) is 19.4. The van der Waals surface area contributed by atoms with Gasteiger partial charge in [-0.2, -0.15) is 5.10 Å². The molecule has 1 fully saturated rings. The average Bonchev–Trinajstić information content (AvgIpc) is 3.10. The molecular weight excluding hydrogens is 500 g/mol. The molecule has 4 rings (SSSR count). The van der Waals surface area contributed by atoms with Crippen LogP contribution in [0.5, 0.6) is 5.75 Å². The van der Waals surface area contributed by atoms with Gasteiger partial charge in [0.05, 0.1) is 24.9 Å². The highest BCUT2D eigenvalue weighted by Gasteiger charge is 2.21. The molecule has 0 bridgehead atoms. The van der Waals surface area contributed by atoms with Crippen molar-refractivity contribution in [3.8, 4) is 17.0 Å². The van der Waals surface area contributed by atoms with Gasteiger partial charge < -0.3 is 19.3 Å². The molecule has 0 radical (unpaired) electrons. The summed E-state index contributed by atoms with van der Waals surface area (Å²) >= 11 is 0. The second kappa shape index (κ2) is 14.6. The Kier molecular flexibility index (Phi) is 11.0. The zero-order valence-electron chi connectivity index (χ0n) is 25.2. The van der Waals surface area contributed by atoms with Gasteiger partial charge in [-0.15, -0.1) is 0 Å². The smallest absolute Gasteiger partial charge is 0.253 e. The van der Waals surface area contributed by atoms with E-state index in [-0.39, 0.29) is 5.91 Å². The van der Waals surface area contributed by atoms with Crippen LogP contribution in [0.2, 0.25) is 0 Å². The summed E-state index contributed by atoms with van der Waals surface area (Å²) in [6.45, 7) is 15.2. The van der Waals surface area contributed by atoms with E-state index in [1.54, 1.807) is 7.11 Å². The fourth-order valence-corrected chi connectivity index (χ4v) is 5.28. The minimum atomic E-state index is 0.117. The normalized spacial score (nSPS) is 14.7. The number of aryl methyl sites for hydroxylation is 1. The number of hydrogen-bond donors (Lipinski definition) is 0. The summed E-state index contributed by atoms with van der Waals surface area (Å²) in [5, 5.41) is 5.00. The lowest BCUT2D eigenvalue weighted by molar-refractivity contribution is 0.0741. The molecule has 0 atom stereocenters. The van der Waals surface area contributed by atoms with Gasteiger partial charge in [-0.05, 0) is 86.9 Å². The molecule has 1 aliphatic rings. The molecule has 0 saturated carbocycles. The third-order valence-corrected chi connectivity index (χ3v) is 7.80. The molecule has 0 aliphatic carbocycles. The van der Waals surface area contributed by atoms with Crippen molar-refractivity contribution in [2.24, 2.45) is 11.8 Å². The molecule has 3 aromatic rings. The Morgan fingerprint density at radius 2 is 1.75 bits per heavy atom. The number of nitrogens with zero attached hydrogens (tertiary/aromatic N) is 4. The first kappa shape index (κ1) is 30.1. The molecule has 1 saturated heterocycles. The van der Waals surface area contributed by atoms with E-state index in [1.807, 2.05) is 33.8 Å². The molecule has 1 amide bonds. The number of hydrogen-bond acceptors (Lipinski definition) is 5.